The van der Waals surface area contributed by atoms with Gasteiger partial charge in [-0.2, -0.15) is 0 Å². The number of carbonyl (C=O) groups is 2. The van der Waals surface area contributed by atoms with Crippen molar-refractivity contribution in [3.05, 3.63) is 113 Å². The Balaban J connectivity index is 1.63. The molecule has 0 fully saturated rings. The van der Waals surface area contributed by atoms with Gasteiger partial charge in [-0.25, -0.2) is 14.6 Å². The number of carboxylic acid groups (broad SMARTS) is 1. The Morgan fingerprint density at radius 2 is 1.90 bits per heavy atom. The van der Waals surface area contributed by atoms with Crippen molar-refractivity contribution >= 4 is 41.0 Å². The standard InChI is InChI=1S/C29H23ClN2O6S/c1-4-37-28(36)24-16(3)31-29-32(25(24)17-8-10-18(30)11-9-17)26(33)23(39-29)14-19-12-13-22(38-19)20-6-5-7-21(15(20)2)27(34)35/h5-14,25H,4H2,1-3H3,(H,34,35)/b23-14-/t25-/m1/s1. The topological polar surface area (TPSA) is 111 Å². The fourth-order valence-electron chi connectivity index (χ4n) is 4.59. The molecule has 0 amide bonds. The highest BCUT2D eigenvalue weighted by atomic mass is 35.5. The summed E-state index contributed by atoms with van der Waals surface area (Å²) in [5.74, 6) is -0.661. The second-order valence-electron chi connectivity index (χ2n) is 8.84. The minimum absolute atomic E-state index is 0.184. The predicted molar refractivity (Wildman–Crippen MR) is 148 cm³/mol. The van der Waals surface area contributed by atoms with Gasteiger partial charge in [0.05, 0.1) is 34.0 Å². The summed E-state index contributed by atoms with van der Waals surface area (Å²) in [4.78, 5) is 43.2. The van der Waals surface area contributed by atoms with Crippen LogP contribution in [0.15, 0.2) is 80.1 Å². The van der Waals surface area contributed by atoms with E-state index in [9.17, 15) is 19.5 Å². The van der Waals surface area contributed by atoms with Crippen molar-refractivity contribution in [1.29, 1.82) is 0 Å². The number of carbonyl (C=O) groups excluding carboxylic acids is 1. The number of hydrogen-bond donors (Lipinski definition) is 1. The summed E-state index contributed by atoms with van der Waals surface area (Å²) in [5.41, 5.74) is 2.52. The second-order valence-corrected chi connectivity index (χ2v) is 10.3. The predicted octanol–water partition coefficient (Wildman–Crippen LogP) is 4.72. The molecular weight excluding hydrogens is 540 g/mol. The fraction of sp³-hybridized carbons (Fsp3) is 0.172. The number of thiazole rings is 1. The van der Waals surface area contributed by atoms with E-state index in [-0.39, 0.29) is 23.3 Å². The van der Waals surface area contributed by atoms with Gasteiger partial charge in [0.2, 0.25) is 0 Å². The maximum absolute atomic E-state index is 13.7. The number of nitrogens with zero attached hydrogens (tertiary/aromatic N) is 2. The van der Waals surface area contributed by atoms with Crippen molar-refractivity contribution in [3.63, 3.8) is 0 Å². The average molecular weight is 563 g/mol. The fourth-order valence-corrected chi connectivity index (χ4v) is 5.74. The molecule has 1 atom stereocenters. The number of aromatic carboxylic acids is 1. The van der Waals surface area contributed by atoms with Crippen LogP contribution in [0.4, 0.5) is 0 Å². The lowest BCUT2D eigenvalue weighted by atomic mass is 9.96. The molecule has 0 saturated carbocycles. The SMILES string of the molecule is CCOC(=O)C1=C(C)N=c2s/c(=C\c3ccc(-c4cccc(C(=O)O)c4C)o3)c(=O)n2[C@@H]1c1ccc(Cl)cc1. The first-order chi connectivity index (χ1) is 18.7. The molecule has 4 aromatic rings. The van der Waals surface area contributed by atoms with Crippen LogP contribution in [0.5, 0.6) is 0 Å². The van der Waals surface area contributed by atoms with Gasteiger partial charge in [0.25, 0.3) is 5.56 Å². The molecule has 0 saturated heterocycles. The summed E-state index contributed by atoms with van der Waals surface area (Å²) in [6.45, 7) is 5.35. The number of esters is 1. The highest BCUT2D eigenvalue weighted by Gasteiger charge is 2.33. The van der Waals surface area contributed by atoms with Gasteiger partial charge >= 0.3 is 11.9 Å². The van der Waals surface area contributed by atoms with Gasteiger partial charge in [-0.3, -0.25) is 9.36 Å². The van der Waals surface area contributed by atoms with E-state index in [2.05, 4.69) is 4.99 Å². The molecule has 1 N–H and O–H groups in total. The summed E-state index contributed by atoms with van der Waals surface area (Å²) in [7, 11) is 0. The lowest BCUT2D eigenvalue weighted by molar-refractivity contribution is -0.139. The molecule has 0 spiro atoms. The number of allylic oxidation sites excluding steroid dienone is 1. The quantitative estimate of drug-likeness (QED) is 0.340. The normalized spacial score (nSPS) is 15.2. The highest BCUT2D eigenvalue weighted by Crippen LogP contribution is 2.31. The number of rotatable bonds is 6. The number of furan rings is 1. The maximum Gasteiger partial charge on any atom is 0.338 e. The minimum atomic E-state index is -1.02. The molecule has 8 nitrogen and oxygen atoms in total. The number of ether oxygens (including phenoxy) is 1. The van der Waals surface area contributed by atoms with Crippen LogP contribution in [-0.4, -0.2) is 28.2 Å². The van der Waals surface area contributed by atoms with Crippen molar-refractivity contribution in [2.75, 3.05) is 6.61 Å². The Kier molecular flexibility index (Phi) is 7.12. The van der Waals surface area contributed by atoms with Crippen molar-refractivity contribution in [2.24, 2.45) is 4.99 Å². The molecule has 1 aliphatic heterocycles. The van der Waals surface area contributed by atoms with Crippen LogP contribution < -0.4 is 14.9 Å². The first kappa shape index (κ1) is 26.4. The number of fused-ring (bicyclic) bond motifs is 1. The Labute approximate surface area is 231 Å². The van der Waals surface area contributed by atoms with E-state index in [0.29, 0.717) is 48.3 Å². The van der Waals surface area contributed by atoms with E-state index in [0.717, 1.165) is 0 Å². The molecule has 3 heterocycles. The molecule has 2 aromatic heterocycles. The minimum Gasteiger partial charge on any atom is -0.478 e. The molecule has 198 valence electrons. The third kappa shape index (κ3) is 4.86. The molecule has 1 aliphatic rings. The van der Waals surface area contributed by atoms with Crippen LogP contribution in [0.3, 0.4) is 0 Å². The molecule has 39 heavy (non-hydrogen) atoms. The van der Waals surface area contributed by atoms with E-state index in [4.69, 9.17) is 20.8 Å². The summed E-state index contributed by atoms with van der Waals surface area (Å²) < 4.78 is 13.2. The summed E-state index contributed by atoms with van der Waals surface area (Å²) in [6.07, 6.45) is 1.62. The summed E-state index contributed by atoms with van der Waals surface area (Å²) in [5, 5.41) is 9.98. The summed E-state index contributed by atoms with van der Waals surface area (Å²) in [6, 6.07) is 14.6. The molecule has 5 rings (SSSR count). The molecule has 0 radical (unpaired) electrons. The Bertz CT molecular complexity index is 1830. The monoisotopic (exact) mass is 562 g/mol. The van der Waals surface area contributed by atoms with Crippen molar-refractivity contribution in [2.45, 2.75) is 26.8 Å². The van der Waals surface area contributed by atoms with Gasteiger partial charge in [0, 0.05) is 16.7 Å². The van der Waals surface area contributed by atoms with E-state index in [1.807, 2.05) is 0 Å². The van der Waals surface area contributed by atoms with Gasteiger partial charge in [-0.15, -0.1) is 0 Å². The average Bonchev–Trinajstić information content (AvgIpc) is 3.48. The van der Waals surface area contributed by atoms with Crippen LogP contribution in [0, 0.1) is 6.92 Å². The van der Waals surface area contributed by atoms with Crippen molar-refractivity contribution < 1.29 is 23.8 Å². The maximum atomic E-state index is 13.7. The highest BCUT2D eigenvalue weighted by molar-refractivity contribution is 7.07. The van der Waals surface area contributed by atoms with Crippen molar-refractivity contribution in [3.8, 4) is 11.3 Å². The third-order valence-corrected chi connectivity index (χ3v) is 7.67. The van der Waals surface area contributed by atoms with Crippen LogP contribution >= 0.6 is 22.9 Å². The summed E-state index contributed by atoms with van der Waals surface area (Å²) >= 11 is 7.28. The number of aromatic nitrogens is 1. The Morgan fingerprint density at radius 3 is 2.59 bits per heavy atom. The van der Waals surface area contributed by atoms with Crippen molar-refractivity contribution in [1.82, 2.24) is 4.57 Å². The lowest BCUT2D eigenvalue weighted by Gasteiger charge is -2.24. The van der Waals surface area contributed by atoms with E-state index in [1.165, 1.54) is 22.0 Å². The van der Waals surface area contributed by atoms with Crippen LogP contribution in [0.25, 0.3) is 17.4 Å². The van der Waals surface area contributed by atoms with Gasteiger partial charge in [0.15, 0.2) is 4.80 Å². The van der Waals surface area contributed by atoms with Gasteiger partial charge in [0.1, 0.15) is 11.5 Å². The molecule has 0 unspecified atom stereocenters. The van der Waals surface area contributed by atoms with Gasteiger partial charge in [-0.05, 0) is 62.2 Å². The van der Waals surface area contributed by atoms with E-state index < -0.39 is 18.0 Å². The number of carboxylic acids is 1. The van der Waals surface area contributed by atoms with Crippen LogP contribution in [0.1, 0.15) is 47.1 Å². The Morgan fingerprint density at radius 1 is 1.15 bits per heavy atom. The van der Waals surface area contributed by atoms with Gasteiger partial charge < -0.3 is 14.3 Å². The second kappa shape index (κ2) is 10.5. The Hall–Kier alpha value is -4.21. The molecule has 0 bridgehead atoms. The third-order valence-electron chi connectivity index (χ3n) is 6.43. The van der Waals surface area contributed by atoms with E-state index >= 15 is 0 Å². The zero-order chi connectivity index (χ0) is 27.8. The van der Waals surface area contributed by atoms with Crippen LogP contribution in [-0.2, 0) is 9.53 Å². The molecule has 0 aliphatic carbocycles. The van der Waals surface area contributed by atoms with Crippen LogP contribution in [0.2, 0.25) is 5.02 Å². The largest absolute Gasteiger partial charge is 0.478 e. The molecular formula is C29H23ClN2O6S. The molecule has 10 heteroatoms. The number of hydrogen-bond acceptors (Lipinski definition) is 7. The lowest BCUT2D eigenvalue weighted by Crippen LogP contribution is -2.39. The first-order valence-corrected chi connectivity index (χ1v) is 13.3. The number of halogens is 1. The number of benzene rings is 2. The zero-order valence-electron chi connectivity index (χ0n) is 21.2. The van der Waals surface area contributed by atoms with Gasteiger partial charge in [-0.1, -0.05) is 47.2 Å². The first-order valence-electron chi connectivity index (χ1n) is 12.1. The molecule has 2 aromatic carbocycles. The smallest absolute Gasteiger partial charge is 0.338 e. The zero-order valence-corrected chi connectivity index (χ0v) is 22.8. The van der Waals surface area contributed by atoms with E-state index in [1.54, 1.807) is 75.4 Å².